The smallest absolute Gasteiger partial charge is 0.303 e. The zero-order valence-electron chi connectivity index (χ0n) is 14.6. The van der Waals surface area contributed by atoms with E-state index in [1.54, 1.807) is 17.7 Å². The van der Waals surface area contributed by atoms with Crippen molar-refractivity contribution in [2.75, 3.05) is 11.9 Å². The molecule has 5 nitrogen and oxygen atoms in total. The highest BCUT2D eigenvalue weighted by Gasteiger charge is 2.31. The van der Waals surface area contributed by atoms with Crippen molar-refractivity contribution in [2.24, 2.45) is 11.3 Å². The number of fused-ring (bicyclic) bond motifs is 3. The van der Waals surface area contributed by atoms with E-state index in [1.807, 2.05) is 0 Å². The van der Waals surface area contributed by atoms with Crippen LogP contribution in [0.25, 0.3) is 10.2 Å². The van der Waals surface area contributed by atoms with E-state index in [1.165, 1.54) is 16.9 Å². The topological polar surface area (TPSA) is 75.1 Å². The van der Waals surface area contributed by atoms with Gasteiger partial charge in [-0.05, 0) is 42.6 Å². The zero-order chi connectivity index (χ0) is 17.3. The summed E-state index contributed by atoms with van der Waals surface area (Å²) in [5.41, 5.74) is 1.73. The molecule has 0 radical (unpaired) electrons. The number of carbonyl (C=O) groups is 1. The molecule has 1 atom stereocenters. The van der Waals surface area contributed by atoms with E-state index < -0.39 is 5.97 Å². The summed E-state index contributed by atoms with van der Waals surface area (Å²) >= 11 is 1.79. The summed E-state index contributed by atoms with van der Waals surface area (Å²) in [5.74, 6) is 0.806. The molecule has 3 rings (SSSR count). The number of aromatic nitrogens is 2. The molecule has 2 heterocycles. The van der Waals surface area contributed by atoms with Gasteiger partial charge in [0.25, 0.3) is 0 Å². The minimum atomic E-state index is -0.759. The third-order valence-electron chi connectivity index (χ3n) is 4.93. The largest absolute Gasteiger partial charge is 0.481 e. The second-order valence-electron chi connectivity index (χ2n) is 7.64. The van der Waals surface area contributed by atoms with Gasteiger partial charge in [-0.1, -0.05) is 20.8 Å². The maximum Gasteiger partial charge on any atom is 0.303 e. The number of anilines is 1. The molecule has 0 bridgehead atoms. The Kier molecular flexibility index (Phi) is 4.76. The van der Waals surface area contributed by atoms with Gasteiger partial charge in [0.05, 0.1) is 5.39 Å². The molecule has 0 fully saturated rings. The van der Waals surface area contributed by atoms with Gasteiger partial charge in [-0.3, -0.25) is 4.79 Å². The van der Waals surface area contributed by atoms with Crippen LogP contribution in [-0.2, 0) is 17.6 Å². The Bertz CT molecular complexity index is 749. The van der Waals surface area contributed by atoms with E-state index in [4.69, 9.17) is 5.11 Å². The van der Waals surface area contributed by atoms with Crippen LogP contribution in [0, 0.1) is 11.3 Å². The van der Waals surface area contributed by atoms with E-state index in [2.05, 4.69) is 36.1 Å². The molecule has 2 aromatic rings. The lowest BCUT2D eigenvalue weighted by molar-refractivity contribution is -0.137. The van der Waals surface area contributed by atoms with Gasteiger partial charge in [0, 0.05) is 17.8 Å². The van der Waals surface area contributed by atoms with Crippen molar-refractivity contribution >= 4 is 33.3 Å². The molecule has 1 unspecified atom stereocenters. The fourth-order valence-corrected chi connectivity index (χ4v) is 4.70. The van der Waals surface area contributed by atoms with Crippen LogP contribution in [0.5, 0.6) is 0 Å². The van der Waals surface area contributed by atoms with Crippen LogP contribution in [0.1, 0.15) is 50.5 Å². The molecule has 130 valence electrons. The molecule has 1 aliphatic rings. The van der Waals surface area contributed by atoms with Gasteiger partial charge in [0.15, 0.2) is 0 Å². The Morgan fingerprint density at radius 3 is 2.92 bits per heavy atom. The van der Waals surface area contributed by atoms with Crippen molar-refractivity contribution in [2.45, 2.75) is 52.9 Å². The molecule has 2 N–H and O–H groups in total. The monoisotopic (exact) mass is 347 g/mol. The number of carboxylic acids is 1. The summed E-state index contributed by atoms with van der Waals surface area (Å²) in [4.78, 5) is 22.0. The first-order valence-electron chi connectivity index (χ1n) is 8.57. The molecule has 0 aliphatic heterocycles. The van der Waals surface area contributed by atoms with Crippen LogP contribution in [-0.4, -0.2) is 27.6 Å². The number of hydrogen-bond donors (Lipinski definition) is 2. The van der Waals surface area contributed by atoms with E-state index in [9.17, 15) is 4.79 Å². The van der Waals surface area contributed by atoms with Crippen molar-refractivity contribution in [3.63, 3.8) is 0 Å². The van der Waals surface area contributed by atoms with Crippen LogP contribution in [0.2, 0.25) is 0 Å². The summed E-state index contributed by atoms with van der Waals surface area (Å²) in [5, 5.41) is 13.2. The SMILES string of the molecule is CC(C)(C)C1CCc2c(sc3ncnc(NCCCC(=O)O)c23)C1. The van der Waals surface area contributed by atoms with Crippen molar-refractivity contribution in [1.82, 2.24) is 9.97 Å². The van der Waals surface area contributed by atoms with Gasteiger partial charge >= 0.3 is 5.97 Å². The predicted octanol–water partition coefficient (Wildman–Crippen LogP) is 4.12. The lowest BCUT2D eigenvalue weighted by Crippen LogP contribution is -2.26. The van der Waals surface area contributed by atoms with Gasteiger partial charge in [-0.2, -0.15) is 0 Å². The number of nitrogens with one attached hydrogen (secondary N) is 1. The Hall–Kier alpha value is -1.69. The minimum absolute atomic E-state index is 0.177. The van der Waals surface area contributed by atoms with E-state index in [0.717, 1.165) is 28.9 Å². The standard InChI is InChI=1S/C18H25N3O2S/c1-18(2,3)11-6-7-12-13(9-11)24-17-15(12)16(20-10-21-17)19-8-4-5-14(22)23/h10-11H,4-9H2,1-3H3,(H,22,23)(H,19,20,21). The Balaban J connectivity index is 1.83. The molecule has 2 aromatic heterocycles. The van der Waals surface area contributed by atoms with E-state index in [0.29, 0.717) is 24.3 Å². The summed E-state index contributed by atoms with van der Waals surface area (Å²) in [7, 11) is 0. The van der Waals surface area contributed by atoms with Gasteiger partial charge in [0.1, 0.15) is 17.0 Å². The van der Waals surface area contributed by atoms with Gasteiger partial charge in [-0.25, -0.2) is 9.97 Å². The molecule has 6 heteroatoms. The van der Waals surface area contributed by atoms with Crippen molar-refractivity contribution < 1.29 is 9.90 Å². The van der Waals surface area contributed by atoms with Gasteiger partial charge in [0.2, 0.25) is 0 Å². The fraction of sp³-hybridized carbons (Fsp3) is 0.611. The minimum Gasteiger partial charge on any atom is -0.481 e. The van der Waals surface area contributed by atoms with Crippen molar-refractivity contribution in [3.05, 3.63) is 16.8 Å². The average molecular weight is 347 g/mol. The van der Waals surface area contributed by atoms with Crippen LogP contribution in [0.15, 0.2) is 6.33 Å². The van der Waals surface area contributed by atoms with Gasteiger partial charge < -0.3 is 10.4 Å². The predicted molar refractivity (Wildman–Crippen MR) is 97.7 cm³/mol. The fourth-order valence-electron chi connectivity index (χ4n) is 3.43. The van der Waals surface area contributed by atoms with Crippen LogP contribution in [0.3, 0.4) is 0 Å². The third kappa shape index (κ3) is 3.53. The summed E-state index contributed by atoms with van der Waals surface area (Å²) < 4.78 is 0. The number of aryl methyl sites for hydroxylation is 1. The second kappa shape index (κ2) is 6.67. The number of carboxylic acid groups (broad SMARTS) is 1. The maximum atomic E-state index is 10.6. The Labute approximate surface area is 146 Å². The first-order valence-corrected chi connectivity index (χ1v) is 9.39. The molecule has 0 amide bonds. The lowest BCUT2D eigenvalue weighted by atomic mass is 9.72. The number of hydrogen-bond acceptors (Lipinski definition) is 5. The molecule has 0 saturated heterocycles. The summed E-state index contributed by atoms with van der Waals surface area (Å²) in [6.07, 6.45) is 5.78. The first kappa shape index (κ1) is 17.1. The number of rotatable bonds is 5. The van der Waals surface area contributed by atoms with Crippen molar-refractivity contribution in [3.8, 4) is 0 Å². The normalized spacial score (nSPS) is 17.7. The van der Waals surface area contributed by atoms with Crippen molar-refractivity contribution in [1.29, 1.82) is 0 Å². The highest BCUT2D eigenvalue weighted by molar-refractivity contribution is 7.19. The molecule has 1 aliphatic carbocycles. The molecule has 24 heavy (non-hydrogen) atoms. The summed E-state index contributed by atoms with van der Waals surface area (Å²) in [6.45, 7) is 7.59. The highest BCUT2D eigenvalue weighted by Crippen LogP contribution is 2.44. The van der Waals surface area contributed by atoms with E-state index >= 15 is 0 Å². The van der Waals surface area contributed by atoms with Gasteiger partial charge in [-0.15, -0.1) is 11.3 Å². The highest BCUT2D eigenvalue weighted by atomic mass is 32.1. The molecular formula is C18H25N3O2S. The number of aliphatic carboxylic acids is 1. The quantitative estimate of drug-likeness (QED) is 0.796. The summed E-state index contributed by atoms with van der Waals surface area (Å²) in [6, 6.07) is 0. The lowest BCUT2D eigenvalue weighted by Gasteiger charge is -2.33. The van der Waals surface area contributed by atoms with Crippen LogP contribution < -0.4 is 5.32 Å². The molecular weight excluding hydrogens is 322 g/mol. The third-order valence-corrected chi connectivity index (χ3v) is 6.09. The van der Waals surface area contributed by atoms with E-state index in [-0.39, 0.29) is 6.42 Å². The molecule has 0 saturated carbocycles. The average Bonchev–Trinajstić information content (AvgIpc) is 2.88. The number of thiophene rings is 1. The second-order valence-corrected chi connectivity index (χ2v) is 8.72. The zero-order valence-corrected chi connectivity index (χ0v) is 15.4. The van der Waals surface area contributed by atoms with Crippen LogP contribution in [0.4, 0.5) is 5.82 Å². The number of nitrogens with zero attached hydrogens (tertiary/aromatic N) is 2. The Morgan fingerprint density at radius 1 is 1.42 bits per heavy atom. The molecule has 0 spiro atoms. The molecule has 0 aromatic carbocycles. The maximum absolute atomic E-state index is 10.6. The van der Waals surface area contributed by atoms with Crippen LogP contribution >= 0.6 is 11.3 Å². The Morgan fingerprint density at radius 2 is 2.21 bits per heavy atom. The first-order chi connectivity index (χ1) is 11.4.